The van der Waals surface area contributed by atoms with E-state index < -0.39 is 35.7 Å². The summed E-state index contributed by atoms with van der Waals surface area (Å²) >= 11 is 6.15. The Morgan fingerprint density at radius 3 is 2.53 bits per heavy atom. The Labute approximate surface area is 304 Å². The van der Waals surface area contributed by atoms with E-state index in [0.29, 0.717) is 24.3 Å². The number of ether oxygens (including phenoxy) is 1. The van der Waals surface area contributed by atoms with Crippen molar-refractivity contribution in [2.45, 2.75) is 46.3 Å². The van der Waals surface area contributed by atoms with E-state index in [1.165, 1.54) is 11.2 Å². The average molecular weight is 752 g/mol. The molecule has 276 valence electrons. The molecule has 5 aromatic rings. The van der Waals surface area contributed by atoms with Gasteiger partial charge in [0.2, 0.25) is 11.7 Å². The fourth-order valence-electron chi connectivity index (χ4n) is 6.76. The smallest absolute Gasteiger partial charge is 0.416 e. The van der Waals surface area contributed by atoms with Gasteiger partial charge in [-0.05, 0) is 56.2 Å². The number of nitrogens with one attached hydrogen (secondary N) is 1. The molecule has 0 radical (unpaired) electrons. The Hall–Kier alpha value is -5.71. The van der Waals surface area contributed by atoms with Gasteiger partial charge in [-0.15, -0.1) is 5.10 Å². The number of halogens is 4. The van der Waals surface area contributed by atoms with Gasteiger partial charge in [-0.3, -0.25) is 14.4 Å². The van der Waals surface area contributed by atoms with Crippen LogP contribution in [0.5, 0.6) is 11.5 Å². The van der Waals surface area contributed by atoms with Crippen LogP contribution in [0.4, 0.5) is 24.5 Å². The Bertz CT molecular complexity index is 2350. The first kappa shape index (κ1) is 35.7. The lowest BCUT2D eigenvalue weighted by atomic mass is 10.00. The summed E-state index contributed by atoms with van der Waals surface area (Å²) in [6, 6.07) is 6.28. The molecule has 2 aromatic carbocycles. The molecule has 0 spiro atoms. The van der Waals surface area contributed by atoms with Gasteiger partial charge in [-0.1, -0.05) is 18.5 Å². The van der Waals surface area contributed by atoms with Gasteiger partial charge in [-0.2, -0.15) is 22.7 Å². The zero-order valence-corrected chi connectivity index (χ0v) is 29.5. The number of piperazine rings is 1. The number of nitrogens with zero attached hydrogens (tertiary/aromatic N) is 8. The summed E-state index contributed by atoms with van der Waals surface area (Å²) in [5, 5.41) is 17.3. The predicted octanol–water partition coefficient (Wildman–Crippen LogP) is 4.44. The summed E-state index contributed by atoms with van der Waals surface area (Å²) in [6.45, 7) is 6.29. The maximum absolute atomic E-state index is 14.4. The molecule has 1 fully saturated rings. The molecule has 3 aromatic heterocycles. The number of carbonyl (C=O) groups excluding carboxylic acids is 2. The molecule has 14 nitrogen and oxygen atoms in total. The third-order valence-electron chi connectivity index (χ3n) is 9.53. The van der Waals surface area contributed by atoms with Crippen LogP contribution >= 0.6 is 11.6 Å². The molecule has 0 aliphatic carbocycles. The van der Waals surface area contributed by atoms with E-state index in [1.54, 1.807) is 11.5 Å². The lowest BCUT2D eigenvalue weighted by molar-refractivity contribution is -0.137. The molecule has 0 atom stereocenters. The van der Waals surface area contributed by atoms with E-state index in [-0.39, 0.29) is 77.7 Å². The molecular weight excluding hydrogens is 719 g/mol. The lowest BCUT2D eigenvalue weighted by Crippen LogP contribution is -2.51. The Kier molecular flexibility index (Phi) is 9.21. The van der Waals surface area contributed by atoms with E-state index >= 15 is 0 Å². The third-order valence-corrected chi connectivity index (χ3v) is 9.84. The molecule has 5 heterocycles. The van der Waals surface area contributed by atoms with Crippen molar-refractivity contribution in [1.29, 1.82) is 0 Å². The Morgan fingerprint density at radius 1 is 1.08 bits per heavy atom. The minimum absolute atomic E-state index is 0.0242. The molecule has 2 aliphatic rings. The van der Waals surface area contributed by atoms with Crippen LogP contribution in [0.3, 0.4) is 0 Å². The van der Waals surface area contributed by atoms with Crippen LogP contribution in [0.1, 0.15) is 45.5 Å². The number of alkyl halides is 3. The van der Waals surface area contributed by atoms with E-state index in [2.05, 4.69) is 20.4 Å². The number of hydrogen-bond donors (Lipinski definition) is 2. The van der Waals surface area contributed by atoms with Crippen LogP contribution in [0, 0.1) is 13.8 Å². The molecular formula is C35H33ClF3N9O5. The molecule has 2 N–H and O–H groups in total. The number of hydrogen-bond acceptors (Lipinski definition) is 10. The number of anilines is 2. The second kappa shape index (κ2) is 13.7. The highest BCUT2D eigenvalue weighted by molar-refractivity contribution is 6.33. The van der Waals surface area contributed by atoms with Gasteiger partial charge in [0.25, 0.3) is 11.5 Å². The van der Waals surface area contributed by atoms with Gasteiger partial charge in [0.1, 0.15) is 24.3 Å². The second-order valence-corrected chi connectivity index (χ2v) is 13.1. The van der Waals surface area contributed by atoms with Crippen LogP contribution in [-0.4, -0.2) is 83.7 Å². The zero-order chi connectivity index (χ0) is 37.8. The highest BCUT2D eigenvalue weighted by Gasteiger charge is 2.33. The van der Waals surface area contributed by atoms with Crippen molar-refractivity contribution in [2.75, 3.05) is 43.0 Å². The molecule has 7 rings (SSSR count). The molecule has 53 heavy (non-hydrogen) atoms. The first-order valence-corrected chi connectivity index (χ1v) is 17.1. The molecule has 2 aliphatic heterocycles. The maximum Gasteiger partial charge on any atom is 0.416 e. The number of amides is 2. The third kappa shape index (κ3) is 6.49. The summed E-state index contributed by atoms with van der Waals surface area (Å²) in [5.74, 6) is -0.311. The second-order valence-electron chi connectivity index (χ2n) is 12.7. The number of carbonyl (C=O) groups is 2. The summed E-state index contributed by atoms with van der Waals surface area (Å²) in [6.07, 6.45) is -2.43. The summed E-state index contributed by atoms with van der Waals surface area (Å²) in [4.78, 5) is 57.3. The Morgan fingerprint density at radius 2 is 1.83 bits per heavy atom. The highest BCUT2D eigenvalue weighted by Crippen LogP contribution is 2.35. The van der Waals surface area contributed by atoms with Crippen molar-refractivity contribution in [3.8, 4) is 22.9 Å². The van der Waals surface area contributed by atoms with E-state index in [9.17, 15) is 32.7 Å². The maximum atomic E-state index is 14.4. The van der Waals surface area contributed by atoms with Gasteiger partial charge >= 0.3 is 6.18 Å². The van der Waals surface area contributed by atoms with Gasteiger partial charge in [-0.25, -0.2) is 9.97 Å². The van der Waals surface area contributed by atoms with Crippen LogP contribution in [0.25, 0.3) is 17.2 Å². The number of rotatable bonds is 7. The summed E-state index contributed by atoms with van der Waals surface area (Å²) in [7, 11) is 0. The summed E-state index contributed by atoms with van der Waals surface area (Å²) in [5.41, 5.74) is 1.98. The quantitative estimate of drug-likeness (QED) is 0.244. The van der Waals surface area contributed by atoms with Crippen LogP contribution < -0.4 is 20.5 Å². The van der Waals surface area contributed by atoms with Gasteiger partial charge < -0.3 is 29.5 Å². The monoisotopic (exact) mass is 751 g/mol. The molecule has 0 saturated carbocycles. The number of aromatic nitrogens is 6. The fraction of sp³-hybridized carbons (Fsp3) is 0.343. The number of benzene rings is 2. The largest absolute Gasteiger partial charge is 0.504 e. The normalized spacial score (nSPS) is 14.4. The number of aryl methyl sites for hydroxylation is 1. The molecule has 0 bridgehead atoms. The zero-order valence-electron chi connectivity index (χ0n) is 28.8. The SMILES string of the molecule is CCc1c(N2CCN(C(=O)c3ncnc(C)c3O)CC2)c(=O)n2nc(-c3ccc4c(c3C)CCO4)nc2n1CC(=O)Nc1ccc(C(F)(F)F)cc1Cl. The highest BCUT2D eigenvalue weighted by atomic mass is 35.5. The van der Waals surface area contributed by atoms with E-state index in [1.807, 2.05) is 30.9 Å². The van der Waals surface area contributed by atoms with Crippen molar-refractivity contribution in [3.63, 3.8) is 0 Å². The standard InChI is InChI=1S/C35H33ClF3N9O5/c1-4-25-29(45-10-12-46(13-11-45)32(51)28-30(50)19(3)40-17-41-28)33(52)48-34(43-31(44-48)22-6-8-26-21(18(22)2)9-14-53-26)47(25)16-27(49)42-24-7-5-20(15-23(24)36)35(37,38)39/h5-8,15,17,50H,4,9-14,16H2,1-3H3,(H,42,49). The minimum atomic E-state index is -4.62. The van der Waals surface area contributed by atoms with Crippen molar-refractivity contribution in [2.24, 2.45) is 0 Å². The average Bonchev–Trinajstić information content (AvgIpc) is 3.80. The van der Waals surface area contributed by atoms with Crippen LogP contribution in [0.2, 0.25) is 5.02 Å². The molecule has 2 amide bonds. The molecule has 0 unspecified atom stereocenters. The van der Waals surface area contributed by atoms with Crippen molar-refractivity contribution >= 4 is 40.6 Å². The number of fused-ring (bicyclic) bond motifs is 2. The van der Waals surface area contributed by atoms with Crippen molar-refractivity contribution in [3.05, 3.63) is 85.8 Å². The van der Waals surface area contributed by atoms with Crippen molar-refractivity contribution < 1.29 is 32.6 Å². The van der Waals surface area contributed by atoms with Crippen LogP contribution in [0.15, 0.2) is 41.5 Å². The van der Waals surface area contributed by atoms with Crippen LogP contribution in [-0.2, 0) is 30.4 Å². The van der Waals surface area contributed by atoms with E-state index in [4.69, 9.17) is 21.3 Å². The first-order chi connectivity index (χ1) is 25.3. The van der Waals surface area contributed by atoms with Crippen molar-refractivity contribution in [1.82, 2.24) is 34.0 Å². The predicted molar refractivity (Wildman–Crippen MR) is 188 cm³/mol. The topological polar surface area (TPSA) is 160 Å². The number of aromatic hydroxyl groups is 1. The minimum Gasteiger partial charge on any atom is -0.504 e. The molecule has 1 saturated heterocycles. The summed E-state index contributed by atoms with van der Waals surface area (Å²) < 4.78 is 48.2. The van der Waals surface area contributed by atoms with Gasteiger partial charge in [0.05, 0.1) is 34.3 Å². The first-order valence-electron chi connectivity index (χ1n) is 16.8. The van der Waals surface area contributed by atoms with Gasteiger partial charge in [0.15, 0.2) is 17.3 Å². The lowest BCUT2D eigenvalue weighted by Gasteiger charge is -2.36. The fourth-order valence-corrected chi connectivity index (χ4v) is 6.99. The van der Waals surface area contributed by atoms with Gasteiger partial charge in [0, 0.05) is 43.7 Å². The molecule has 18 heteroatoms. The Balaban J connectivity index is 1.27. The van der Waals surface area contributed by atoms with E-state index in [0.717, 1.165) is 39.6 Å².